The number of hydrogen-bond donors (Lipinski definition) is 1. The van der Waals surface area contributed by atoms with E-state index in [1.807, 2.05) is 0 Å². The summed E-state index contributed by atoms with van der Waals surface area (Å²) in [5.74, 6) is -0.677. The molecule has 2 aliphatic heterocycles. The third-order valence-corrected chi connectivity index (χ3v) is 5.12. The molecule has 3 heterocycles. The second-order valence-electron chi connectivity index (χ2n) is 6.70. The number of rotatable bonds is 3. The lowest BCUT2D eigenvalue weighted by atomic mass is 9.95. The molecule has 0 radical (unpaired) electrons. The number of amides is 2. The first-order chi connectivity index (χ1) is 12.6. The maximum atomic E-state index is 12.8. The molecule has 2 fully saturated rings. The Hall–Kier alpha value is -2.48. The number of pyridine rings is 1. The van der Waals surface area contributed by atoms with E-state index in [1.165, 1.54) is 18.2 Å². The predicted octanol–water partition coefficient (Wildman–Crippen LogP) is -1.12. The molecule has 26 heavy (non-hydrogen) atoms. The maximum Gasteiger partial charge on any atom is 0.330 e. The van der Waals surface area contributed by atoms with Crippen molar-refractivity contribution in [3.05, 3.63) is 30.1 Å². The normalized spacial score (nSPS) is 21.3. The van der Waals surface area contributed by atoms with Gasteiger partial charge in [0, 0.05) is 44.2 Å². The zero-order chi connectivity index (χ0) is 18.5. The molecule has 8 heteroatoms. The summed E-state index contributed by atoms with van der Waals surface area (Å²) in [7, 11) is 1.30. The van der Waals surface area contributed by atoms with E-state index in [4.69, 9.17) is 4.74 Å². The molecule has 2 aliphatic rings. The molecule has 0 bridgehead atoms. The smallest absolute Gasteiger partial charge is 0.330 e. The Labute approximate surface area is 152 Å². The third-order valence-electron chi connectivity index (χ3n) is 5.12. The summed E-state index contributed by atoms with van der Waals surface area (Å²) >= 11 is 0. The topological polar surface area (TPSA) is 96.4 Å². The van der Waals surface area contributed by atoms with Gasteiger partial charge in [-0.1, -0.05) is 0 Å². The number of carbonyl (C=O) groups is 3. The van der Waals surface area contributed by atoms with Crippen molar-refractivity contribution in [2.75, 3.05) is 39.8 Å². The molecule has 1 aromatic heterocycles. The summed E-state index contributed by atoms with van der Waals surface area (Å²) in [4.78, 5) is 45.0. The van der Waals surface area contributed by atoms with E-state index >= 15 is 0 Å². The quantitative estimate of drug-likeness (QED) is 0.688. The fraction of sp³-hybridized carbons (Fsp3) is 0.556. The van der Waals surface area contributed by atoms with E-state index in [0.29, 0.717) is 18.7 Å². The SMILES string of the molecule is COC(=O)[C@@H]1CN(C(=O)C2CC[NH2+]CC2)CCN1C(=O)c1cccnc1. The Morgan fingerprint density at radius 1 is 1.23 bits per heavy atom. The van der Waals surface area contributed by atoms with Crippen LogP contribution in [0.3, 0.4) is 0 Å². The number of esters is 1. The minimum atomic E-state index is -0.791. The number of piperazine rings is 1. The van der Waals surface area contributed by atoms with Gasteiger partial charge in [-0.05, 0) is 12.1 Å². The van der Waals surface area contributed by atoms with Gasteiger partial charge < -0.3 is 19.9 Å². The van der Waals surface area contributed by atoms with E-state index in [9.17, 15) is 14.4 Å². The maximum absolute atomic E-state index is 12.8. The zero-order valence-corrected chi connectivity index (χ0v) is 15.0. The van der Waals surface area contributed by atoms with Crippen LogP contribution >= 0.6 is 0 Å². The van der Waals surface area contributed by atoms with E-state index in [2.05, 4.69) is 10.3 Å². The van der Waals surface area contributed by atoms with Gasteiger partial charge in [-0.15, -0.1) is 0 Å². The molecule has 8 nitrogen and oxygen atoms in total. The average molecular weight is 361 g/mol. The molecule has 0 saturated carbocycles. The van der Waals surface area contributed by atoms with Crippen molar-refractivity contribution < 1.29 is 24.4 Å². The summed E-state index contributed by atoms with van der Waals surface area (Å²) in [5.41, 5.74) is 0.420. The van der Waals surface area contributed by atoms with Crippen LogP contribution in [0.2, 0.25) is 0 Å². The highest BCUT2D eigenvalue weighted by atomic mass is 16.5. The lowest BCUT2D eigenvalue weighted by Crippen LogP contribution is -2.86. The number of ether oxygens (including phenoxy) is 1. The molecular formula is C18H25N4O4+. The first-order valence-corrected chi connectivity index (χ1v) is 9.01. The van der Waals surface area contributed by atoms with Crippen LogP contribution in [-0.4, -0.2) is 78.4 Å². The number of hydrogen-bond acceptors (Lipinski definition) is 5. The summed E-state index contributed by atoms with van der Waals surface area (Å²) < 4.78 is 4.89. The molecule has 0 aromatic carbocycles. The van der Waals surface area contributed by atoms with Crippen LogP contribution in [0.25, 0.3) is 0 Å². The monoisotopic (exact) mass is 361 g/mol. The van der Waals surface area contributed by atoms with Crippen LogP contribution in [0.4, 0.5) is 0 Å². The van der Waals surface area contributed by atoms with Crippen molar-refractivity contribution in [1.82, 2.24) is 14.8 Å². The van der Waals surface area contributed by atoms with Gasteiger partial charge in [-0.2, -0.15) is 0 Å². The molecule has 2 N–H and O–H groups in total. The Balaban J connectivity index is 1.74. The Morgan fingerprint density at radius 3 is 2.65 bits per heavy atom. The lowest BCUT2D eigenvalue weighted by molar-refractivity contribution is -0.664. The summed E-state index contributed by atoms with van der Waals surface area (Å²) in [6.45, 7) is 2.82. The van der Waals surface area contributed by atoms with Gasteiger partial charge >= 0.3 is 5.97 Å². The number of aromatic nitrogens is 1. The number of nitrogens with two attached hydrogens (primary N) is 1. The molecule has 1 atom stereocenters. The lowest BCUT2D eigenvalue weighted by Gasteiger charge is -2.41. The minimum absolute atomic E-state index is 0.0128. The Bertz CT molecular complexity index is 660. The zero-order valence-electron chi connectivity index (χ0n) is 15.0. The Morgan fingerprint density at radius 2 is 2.00 bits per heavy atom. The van der Waals surface area contributed by atoms with Crippen molar-refractivity contribution in [2.45, 2.75) is 18.9 Å². The number of methoxy groups -OCH3 is 1. The number of quaternary nitrogens is 1. The van der Waals surface area contributed by atoms with E-state index < -0.39 is 12.0 Å². The highest BCUT2D eigenvalue weighted by molar-refractivity contribution is 5.97. The molecule has 0 spiro atoms. The average Bonchev–Trinajstić information content (AvgIpc) is 2.73. The number of carbonyl (C=O) groups excluding carboxylic acids is 3. The first-order valence-electron chi connectivity index (χ1n) is 9.01. The summed E-state index contributed by atoms with van der Waals surface area (Å²) in [6, 6.07) is 2.56. The van der Waals surface area contributed by atoms with Crippen LogP contribution in [0.1, 0.15) is 23.2 Å². The van der Waals surface area contributed by atoms with Gasteiger partial charge in [0.2, 0.25) is 5.91 Å². The molecule has 2 saturated heterocycles. The highest BCUT2D eigenvalue weighted by Crippen LogP contribution is 2.19. The molecule has 3 rings (SSSR count). The van der Waals surface area contributed by atoms with E-state index in [1.54, 1.807) is 23.2 Å². The molecular weight excluding hydrogens is 336 g/mol. The standard InChI is InChI=1S/C18H24N4O4/c1-26-18(25)15-12-21(16(23)13-4-7-19-8-5-13)9-10-22(15)17(24)14-3-2-6-20-11-14/h2-3,6,11,13,15,19H,4-5,7-10,12H2,1H3/p+1/t15-/m0/s1. The van der Waals surface area contributed by atoms with Crippen LogP contribution in [0, 0.1) is 5.92 Å². The summed E-state index contributed by atoms with van der Waals surface area (Å²) in [6.07, 6.45) is 4.78. The van der Waals surface area contributed by atoms with Crippen molar-refractivity contribution in [3.8, 4) is 0 Å². The second kappa shape index (κ2) is 8.27. The van der Waals surface area contributed by atoms with Crippen LogP contribution in [0.5, 0.6) is 0 Å². The van der Waals surface area contributed by atoms with E-state index in [-0.39, 0.29) is 24.3 Å². The second-order valence-corrected chi connectivity index (χ2v) is 6.70. The molecule has 1 aromatic rings. The molecule has 0 unspecified atom stereocenters. The fourth-order valence-corrected chi connectivity index (χ4v) is 3.65. The molecule has 2 amide bonds. The largest absolute Gasteiger partial charge is 0.467 e. The van der Waals surface area contributed by atoms with Gasteiger partial charge in [0.1, 0.15) is 6.04 Å². The third kappa shape index (κ3) is 3.85. The summed E-state index contributed by atoms with van der Waals surface area (Å²) in [5, 5.41) is 2.21. The number of nitrogens with zero attached hydrogens (tertiary/aromatic N) is 3. The highest BCUT2D eigenvalue weighted by Gasteiger charge is 2.39. The van der Waals surface area contributed by atoms with E-state index in [0.717, 1.165) is 25.9 Å². The van der Waals surface area contributed by atoms with Gasteiger partial charge in [-0.3, -0.25) is 14.6 Å². The van der Waals surface area contributed by atoms with Gasteiger partial charge in [0.15, 0.2) is 0 Å². The molecule has 0 aliphatic carbocycles. The van der Waals surface area contributed by atoms with Crippen molar-refractivity contribution in [2.24, 2.45) is 5.92 Å². The molecule has 140 valence electrons. The van der Waals surface area contributed by atoms with Crippen LogP contribution < -0.4 is 5.32 Å². The Kier molecular flexibility index (Phi) is 5.82. The van der Waals surface area contributed by atoms with Gasteiger partial charge in [0.05, 0.1) is 32.3 Å². The van der Waals surface area contributed by atoms with Crippen molar-refractivity contribution >= 4 is 17.8 Å². The first kappa shape index (κ1) is 18.3. The van der Waals surface area contributed by atoms with Crippen LogP contribution in [-0.2, 0) is 14.3 Å². The van der Waals surface area contributed by atoms with Crippen LogP contribution in [0.15, 0.2) is 24.5 Å². The van der Waals surface area contributed by atoms with Crippen molar-refractivity contribution in [3.63, 3.8) is 0 Å². The van der Waals surface area contributed by atoms with Gasteiger partial charge in [0.25, 0.3) is 5.91 Å². The minimum Gasteiger partial charge on any atom is -0.467 e. The van der Waals surface area contributed by atoms with Crippen molar-refractivity contribution in [1.29, 1.82) is 0 Å². The number of piperidine rings is 1. The van der Waals surface area contributed by atoms with Gasteiger partial charge in [-0.25, -0.2) is 4.79 Å². The predicted molar refractivity (Wildman–Crippen MR) is 92.0 cm³/mol. The fourth-order valence-electron chi connectivity index (χ4n) is 3.65.